The molecule has 2 atom stereocenters. The van der Waals surface area contributed by atoms with Gasteiger partial charge in [-0.2, -0.15) is 0 Å². The Morgan fingerprint density at radius 1 is 0.889 bits per heavy atom. The number of aliphatic imine (C=N–C) groups is 1. The molecular weight excluding hydrogens is 454 g/mol. The number of nitrogens with zero attached hydrogens (tertiary/aromatic N) is 1. The summed E-state index contributed by atoms with van der Waals surface area (Å²) in [6.45, 7) is 14.1. The Labute approximate surface area is 216 Å². The summed E-state index contributed by atoms with van der Waals surface area (Å²) in [7, 11) is 0. The zero-order valence-electron chi connectivity index (χ0n) is 22.7. The molecule has 196 valence electrons. The number of rotatable bonds is 11. The van der Waals surface area contributed by atoms with E-state index in [1.807, 2.05) is 81.4 Å². The molecule has 0 radical (unpaired) electrons. The van der Waals surface area contributed by atoms with E-state index in [-0.39, 0.29) is 25.0 Å². The Morgan fingerprint density at radius 3 is 2.00 bits per heavy atom. The molecular formula is C30H41NO5. The van der Waals surface area contributed by atoms with Crippen molar-refractivity contribution in [3.8, 4) is 0 Å². The average molecular weight is 496 g/mol. The standard InChI is InChI=1S/C30H41NO5/c1-8-35-25(32)19-24(21-34-20-22-15-11-9-12-16-22)26(28(33)36-30(5,6)7)31-27(29(2,3)4)23-17-13-10-14-18-23/h9-18,24,26H,8,19-21H2,1-7H3/t24-,26+/m0/s1. The van der Waals surface area contributed by atoms with Crippen molar-refractivity contribution in [2.75, 3.05) is 13.2 Å². The Hall–Kier alpha value is -2.99. The zero-order chi connectivity index (χ0) is 26.8. The van der Waals surface area contributed by atoms with Crippen LogP contribution in [-0.4, -0.2) is 42.5 Å². The van der Waals surface area contributed by atoms with Crippen LogP contribution < -0.4 is 0 Å². The largest absolute Gasteiger partial charge is 0.466 e. The lowest BCUT2D eigenvalue weighted by Crippen LogP contribution is -2.40. The topological polar surface area (TPSA) is 74.2 Å². The minimum absolute atomic E-state index is 0.0117. The van der Waals surface area contributed by atoms with Gasteiger partial charge in [0.05, 0.1) is 26.2 Å². The molecule has 36 heavy (non-hydrogen) atoms. The van der Waals surface area contributed by atoms with Crippen LogP contribution in [0.5, 0.6) is 0 Å². The first-order valence-corrected chi connectivity index (χ1v) is 12.5. The van der Waals surface area contributed by atoms with Gasteiger partial charge in [0.15, 0.2) is 6.04 Å². The van der Waals surface area contributed by atoms with Gasteiger partial charge in [-0.3, -0.25) is 9.79 Å². The quantitative estimate of drug-likeness (QED) is 0.282. The minimum atomic E-state index is -0.946. The maximum atomic E-state index is 13.5. The Bertz CT molecular complexity index is 987. The molecule has 0 spiro atoms. The highest BCUT2D eigenvalue weighted by Crippen LogP contribution is 2.27. The molecule has 0 bridgehead atoms. The predicted molar refractivity (Wildman–Crippen MR) is 143 cm³/mol. The molecule has 0 saturated carbocycles. The summed E-state index contributed by atoms with van der Waals surface area (Å²) in [5.41, 5.74) is 1.61. The molecule has 0 aliphatic carbocycles. The summed E-state index contributed by atoms with van der Waals surface area (Å²) in [5, 5.41) is 0. The highest BCUT2D eigenvalue weighted by Gasteiger charge is 2.36. The highest BCUT2D eigenvalue weighted by atomic mass is 16.6. The summed E-state index contributed by atoms with van der Waals surface area (Å²) < 4.78 is 17.0. The first-order chi connectivity index (χ1) is 16.9. The number of benzene rings is 2. The van der Waals surface area contributed by atoms with Gasteiger partial charge in [0, 0.05) is 17.0 Å². The zero-order valence-corrected chi connectivity index (χ0v) is 22.7. The molecule has 2 rings (SSSR count). The fraction of sp³-hybridized carbons (Fsp3) is 0.500. The maximum Gasteiger partial charge on any atom is 0.331 e. The number of carbonyl (C=O) groups excluding carboxylic acids is 2. The van der Waals surface area contributed by atoms with Crippen molar-refractivity contribution >= 4 is 17.7 Å². The van der Waals surface area contributed by atoms with E-state index in [4.69, 9.17) is 19.2 Å². The molecule has 0 aliphatic heterocycles. The van der Waals surface area contributed by atoms with Gasteiger partial charge in [-0.15, -0.1) is 0 Å². The van der Waals surface area contributed by atoms with Gasteiger partial charge in [0.25, 0.3) is 0 Å². The molecule has 0 fully saturated rings. The van der Waals surface area contributed by atoms with Crippen LogP contribution in [0.25, 0.3) is 0 Å². The third kappa shape index (κ3) is 9.94. The number of carbonyl (C=O) groups is 2. The monoisotopic (exact) mass is 495 g/mol. The second-order valence-electron chi connectivity index (χ2n) is 10.8. The smallest absolute Gasteiger partial charge is 0.331 e. The van der Waals surface area contributed by atoms with Crippen LogP contribution in [0.4, 0.5) is 0 Å². The number of ether oxygens (including phenoxy) is 3. The van der Waals surface area contributed by atoms with Crippen LogP contribution >= 0.6 is 0 Å². The first kappa shape index (κ1) is 29.2. The summed E-state index contributed by atoms with van der Waals surface area (Å²) in [5.74, 6) is -1.45. The van der Waals surface area contributed by atoms with Crippen molar-refractivity contribution in [3.63, 3.8) is 0 Å². The van der Waals surface area contributed by atoms with Crippen molar-refractivity contribution in [2.24, 2.45) is 16.3 Å². The van der Waals surface area contributed by atoms with Gasteiger partial charge in [0.2, 0.25) is 0 Å². The summed E-state index contributed by atoms with van der Waals surface area (Å²) in [6.07, 6.45) is -0.0117. The van der Waals surface area contributed by atoms with Gasteiger partial charge in [-0.25, -0.2) is 4.79 Å². The second-order valence-corrected chi connectivity index (χ2v) is 10.8. The Kier molecular flexibility index (Phi) is 10.8. The van der Waals surface area contributed by atoms with E-state index in [1.54, 1.807) is 6.92 Å². The van der Waals surface area contributed by atoms with Crippen molar-refractivity contribution in [2.45, 2.75) is 73.1 Å². The minimum Gasteiger partial charge on any atom is -0.466 e. The molecule has 0 unspecified atom stereocenters. The van der Waals surface area contributed by atoms with E-state index in [0.29, 0.717) is 6.61 Å². The van der Waals surface area contributed by atoms with Crippen LogP contribution in [0, 0.1) is 11.3 Å². The van der Waals surface area contributed by atoms with Crippen molar-refractivity contribution in [1.82, 2.24) is 0 Å². The molecule has 0 aliphatic rings. The first-order valence-electron chi connectivity index (χ1n) is 12.5. The summed E-state index contributed by atoms with van der Waals surface area (Å²) >= 11 is 0. The van der Waals surface area contributed by atoms with Crippen LogP contribution in [0.3, 0.4) is 0 Å². The number of esters is 2. The van der Waals surface area contributed by atoms with Crippen molar-refractivity contribution < 1.29 is 23.8 Å². The number of hydrogen-bond donors (Lipinski definition) is 0. The lowest BCUT2D eigenvalue weighted by atomic mass is 9.84. The molecule has 0 saturated heterocycles. The van der Waals surface area contributed by atoms with Crippen LogP contribution in [0.1, 0.15) is 66.0 Å². The van der Waals surface area contributed by atoms with E-state index >= 15 is 0 Å². The van der Waals surface area contributed by atoms with E-state index < -0.39 is 29.5 Å². The van der Waals surface area contributed by atoms with Crippen LogP contribution in [0.2, 0.25) is 0 Å². The molecule has 0 N–H and O–H groups in total. The van der Waals surface area contributed by atoms with Gasteiger partial charge in [-0.05, 0) is 38.8 Å². The molecule has 6 nitrogen and oxygen atoms in total. The fourth-order valence-corrected chi connectivity index (χ4v) is 3.75. The lowest BCUT2D eigenvalue weighted by Gasteiger charge is -2.30. The molecule has 0 aromatic heterocycles. The molecule has 0 amide bonds. The molecule has 2 aromatic rings. The predicted octanol–water partition coefficient (Wildman–Crippen LogP) is 6.02. The van der Waals surface area contributed by atoms with E-state index in [9.17, 15) is 9.59 Å². The molecule has 6 heteroatoms. The van der Waals surface area contributed by atoms with E-state index in [1.165, 1.54) is 0 Å². The third-order valence-electron chi connectivity index (χ3n) is 5.30. The number of hydrogen-bond acceptors (Lipinski definition) is 6. The van der Waals surface area contributed by atoms with Gasteiger partial charge >= 0.3 is 11.9 Å². The molecule has 2 aromatic carbocycles. The fourth-order valence-electron chi connectivity index (χ4n) is 3.75. The van der Waals surface area contributed by atoms with Crippen LogP contribution in [0.15, 0.2) is 65.7 Å². The Balaban J connectivity index is 2.49. The molecule has 0 heterocycles. The normalized spacial score (nSPS) is 14.1. The van der Waals surface area contributed by atoms with Crippen molar-refractivity contribution in [3.05, 3.63) is 71.8 Å². The second kappa shape index (κ2) is 13.4. The SMILES string of the molecule is CCOC(=O)C[C@@H](COCc1ccccc1)[C@@H](N=C(c1ccccc1)C(C)(C)C)C(=O)OC(C)(C)C. The van der Waals surface area contributed by atoms with Crippen molar-refractivity contribution in [1.29, 1.82) is 0 Å². The lowest BCUT2D eigenvalue weighted by molar-refractivity contribution is -0.159. The third-order valence-corrected chi connectivity index (χ3v) is 5.30. The Morgan fingerprint density at radius 2 is 1.47 bits per heavy atom. The van der Waals surface area contributed by atoms with Gasteiger partial charge < -0.3 is 14.2 Å². The average Bonchev–Trinajstić information content (AvgIpc) is 2.78. The van der Waals surface area contributed by atoms with Gasteiger partial charge in [-0.1, -0.05) is 81.4 Å². The van der Waals surface area contributed by atoms with E-state index in [2.05, 4.69) is 20.8 Å². The summed E-state index contributed by atoms with van der Waals surface area (Å²) in [6, 6.07) is 18.6. The van der Waals surface area contributed by atoms with E-state index in [0.717, 1.165) is 16.8 Å². The highest BCUT2D eigenvalue weighted by molar-refractivity contribution is 6.05. The van der Waals surface area contributed by atoms with Crippen LogP contribution in [-0.2, 0) is 30.4 Å². The van der Waals surface area contributed by atoms with Gasteiger partial charge in [0.1, 0.15) is 5.60 Å². The summed E-state index contributed by atoms with van der Waals surface area (Å²) in [4.78, 5) is 31.1. The maximum absolute atomic E-state index is 13.5.